The average Bonchev–Trinajstić information content (AvgIpc) is 2.01. The predicted molar refractivity (Wildman–Crippen MR) is 56.8 cm³/mol. The highest BCUT2D eigenvalue weighted by Gasteiger charge is 1.97. The zero-order valence-corrected chi connectivity index (χ0v) is 9.38. The largest absolute Gasteiger partial charge is 0.396 e. The molecule has 0 aliphatic carbocycles. The smallest absolute Gasteiger partial charge is 0.0431 e. The van der Waals surface area contributed by atoms with Crippen molar-refractivity contribution in [3.8, 4) is 0 Å². The maximum atomic E-state index is 8.53. The van der Waals surface area contributed by atoms with Gasteiger partial charge in [-0.15, -0.1) is 0 Å². The third-order valence-corrected chi connectivity index (χ3v) is 2.53. The van der Waals surface area contributed by atoms with Crippen molar-refractivity contribution in [3.63, 3.8) is 0 Å². The van der Waals surface area contributed by atoms with E-state index in [-0.39, 0.29) is 0 Å². The Labute approximate surface area is 83.5 Å². The number of nitrogens with zero attached hydrogens (tertiary/aromatic N) is 1. The van der Waals surface area contributed by atoms with Crippen molar-refractivity contribution in [3.05, 3.63) is 0 Å². The maximum Gasteiger partial charge on any atom is 0.0431 e. The van der Waals surface area contributed by atoms with Gasteiger partial charge >= 0.3 is 0 Å². The van der Waals surface area contributed by atoms with Crippen LogP contribution in [0.5, 0.6) is 0 Å². The summed E-state index contributed by atoms with van der Waals surface area (Å²) in [6.45, 7) is 4.83. The van der Waals surface area contributed by atoms with Gasteiger partial charge in [0.1, 0.15) is 0 Å². The summed E-state index contributed by atoms with van der Waals surface area (Å²) in [5.41, 5.74) is 0. The lowest BCUT2D eigenvalue weighted by Gasteiger charge is -2.12. The van der Waals surface area contributed by atoms with Crippen LogP contribution in [0.3, 0.4) is 0 Å². The number of halogens is 1. The molecular weight excluding hydrogens is 253 g/mol. The van der Waals surface area contributed by atoms with Crippen molar-refractivity contribution in [2.24, 2.45) is 0 Å². The van der Waals surface area contributed by atoms with E-state index in [0.29, 0.717) is 6.61 Å². The summed E-state index contributed by atoms with van der Waals surface area (Å²) in [6, 6.07) is 0. The molecule has 2 nitrogen and oxygen atoms in total. The quantitative estimate of drug-likeness (QED) is 0.436. The highest BCUT2D eigenvalue weighted by molar-refractivity contribution is 14.1. The van der Waals surface area contributed by atoms with E-state index in [0.717, 1.165) is 19.4 Å². The standard InChI is InChI=1S/C8H18INO/c1-2-3-6-10(9)7-4-5-8-11/h11H,2-8H2,1H3. The first kappa shape index (κ1) is 11.6. The van der Waals surface area contributed by atoms with Crippen LogP contribution < -0.4 is 0 Å². The molecule has 1 N–H and O–H groups in total. The Bertz CT molecular complexity index is 80.5. The second-order valence-corrected chi connectivity index (χ2v) is 4.06. The molecule has 68 valence electrons. The third-order valence-electron chi connectivity index (χ3n) is 1.56. The third kappa shape index (κ3) is 8.56. The summed E-state index contributed by atoms with van der Waals surface area (Å²) in [4.78, 5) is 0. The monoisotopic (exact) mass is 271 g/mol. The minimum absolute atomic E-state index is 0.332. The van der Waals surface area contributed by atoms with Crippen LogP contribution in [0, 0.1) is 0 Å². The Morgan fingerprint density at radius 2 is 1.82 bits per heavy atom. The molecule has 0 atom stereocenters. The van der Waals surface area contributed by atoms with Crippen LogP contribution in [0.15, 0.2) is 0 Å². The van der Waals surface area contributed by atoms with Gasteiger partial charge in [0.15, 0.2) is 0 Å². The highest BCUT2D eigenvalue weighted by Crippen LogP contribution is 2.04. The first-order valence-corrected chi connectivity index (χ1v) is 5.29. The lowest BCUT2D eigenvalue weighted by atomic mass is 10.3. The number of aliphatic hydroxyl groups excluding tert-OH is 1. The molecule has 0 aliphatic rings. The van der Waals surface area contributed by atoms with Crippen LogP contribution in [0.2, 0.25) is 0 Å². The van der Waals surface area contributed by atoms with Gasteiger partial charge < -0.3 is 5.11 Å². The van der Waals surface area contributed by atoms with E-state index in [1.165, 1.54) is 19.4 Å². The molecule has 0 aromatic carbocycles. The van der Waals surface area contributed by atoms with Gasteiger partial charge in [0, 0.05) is 42.6 Å². The lowest BCUT2D eigenvalue weighted by molar-refractivity contribution is 0.279. The molecule has 0 unspecified atom stereocenters. The molecule has 3 heteroatoms. The van der Waals surface area contributed by atoms with Crippen molar-refractivity contribution in [2.45, 2.75) is 32.6 Å². The molecule has 11 heavy (non-hydrogen) atoms. The summed E-state index contributed by atoms with van der Waals surface area (Å²) in [7, 11) is 0. The molecule has 0 spiro atoms. The molecular formula is C8H18INO. The Kier molecular flexibility index (Phi) is 9.26. The fourth-order valence-corrected chi connectivity index (χ4v) is 1.52. The molecule has 0 amide bonds. The van der Waals surface area contributed by atoms with Crippen LogP contribution in [0.25, 0.3) is 0 Å². The van der Waals surface area contributed by atoms with E-state index in [1.54, 1.807) is 0 Å². The van der Waals surface area contributed by atoms with Crippen LogP contribution >= 0.6 is 22.9 Å². The van der Waals surface area contributed by atoms with Gasteiger partial charge in [0.05, 0.1) is 0 Å². The zero-order valence-electron chi connectivity index (χ0n) is 7.22. The average molecular weight is 271 g/mol. The van der Waals surface area contributed by atoms with E-state index in [9.17, 15) is 0 Å². The molecule has 0 bridgehead atoms. The van der Waals surface area contributed by atoms with Crippen LogP contribution in [-0.4, -0.2) is 27.9 Å². The molecule has 0 heterocycles. The zero-order chi connectivity index (χ0) is 8.53. The van der Waals surface area contributed by atoms with Crippen molar-refractivity contribution < 1.29 is 5.11 Å². The van der Waals surface area contributed by atoms with Gasteiger partial charge in [-0.1, -0.05) is 13.3 Å². The summed E-state index contributed by atoms with van der Waals surface area (Å²) in [5, 5.41) is 8.53. The Balaban J connectivity index is 3.02. The number of hydrogen-bond acceptors (Lipinski definition) is 2. The SMILES string of the molecule is CCCCN(I)CCCCO. The van der Waals surface area contributed by atoms with E-state index in [4.69, 9.17) is 5.11 Å². The van der Waals surface area contributed by atoms with Gasteiger partial charge in [-0.25, -0.2) is 3.11 Å². The first-order chi connectivity index (χ1) is 5.31. The number of aliphatic hydroxyl groups is 1. The molecule has 0 aliphatic heterocycles. The van der Waals surface area contributed by atoms with E-state index >= 15 is 0 Å². The molecule has 0 aromatic heterocycles. The topological polar surface area (TPSA) is 23.5 Å². The van der Waals surface area contributed by atoms with Crippen molar-refractivity contribution >= 4 is 22.9 Å². The Morgan fingerprint density at radius 3 is 2.36 bits per heavy atom. The van der Waals surface area contributed by atoms with Gasteiger partial charge in [-0.05, 0) is 19.3 Å². The maximum absolute atomic E-state index is 8.53. The van der Waals surface area contributed by atoms with Crippen molar-refractivity contribution in [1.29, 1.82) is 0 Å². The summed E-state index contributed by atoms with van der Waals surface area (Å²) in [5.74, 6) is 0. The second-order valence-electron chi connectivity index (χ2n) is 2.69. The normalized spacial score (nSPS) is 10.9. The molecule has 0 radical (unpaired) electrons. The first-order valence-electron chi connectivity index (χ1n) is 4.32. The number of rotatable bonds is 7. The fraction of sp³-hybridized carbons (Fsp3) is 1.00. The Hall–Kier alpha value is 0.650. The lowest BCUT2D eigenvalue weighted by Crippen LogP contribution is -2.14. The predicted octanol–water partition coefficient (Wildman–Crippen LogP) is 2.21. The van der Waals surface area contributed by atoms with E-state index in [2.05, 4.69) is 32.9 Å². The van der Waals surface area contributed by atoms with Crippen molar-refractivity contribution in [2.75, 3.05) is 19.7 Å². The highest BCUT2D eigenvalue weighted by atomic mass is 127. The van der Waals surface area contributed by atoms with Gasteiger partial charge in [-0.2, -0.15) is 0 Å². The van der Waals surface area contributed by atoms with E-state index in [1.807, 2.05) is 0 Å². The summed E-state index contributed by atoms with van der Waals surface area (Å²) < 4.78 is 2.30. The second kappa shape index (κ2) is 8.74. The van der Waals surface area contributed by atoms with Gasteiger partial charge in [-0.3, -0.25) is 0 Å². The van der Waals surface area contributed by atoms with E-state index < -0.39 is 0 Å². The molecule has 0 saturated heterocycles. The minimum Gasteiger partial charge on any atom is -0.396 e. The molecule has 0 aromatic rings. The molecule has 0 rings (SSSR count). The van der Waals surface area contributed by atoms with Crippen molar-refractivity contribution in [1.82, 2.24) is 3.11 Å². The summed E-state index contributed by atoms with van der Waals surface area (Å²) in [6.07, 6.45) is 4.59. The number of unbranched alkanes of at least 4 members (excludes halogenated alkanes) is 2. The fourth-order valence-electron chi connectivity index (χ4n) is 0.837. The van der Waals surface area contributed by atoms with Crippen LogP contribution in [0.4, 0.5) is 0 Å². The molecule has 0 saturated carbocycles. The summed E-state index contributed by atoms with van der Waals surface area (Å²) >= 11 is 2.36. The van der Waals surface area contributed by atoms with Gasteiger partial charge in [0.2, 0.25) is 0 Å². The number of hydrogen-bond donors (Lipinski definition) is 1. The molecule has 0 fully saturated rings. The van der Waals surface area contributed by atoms with Crippen LogP contribution in [0.1, 0.15) is 32.6 Å². The van der Waals surface area contributed by atoms with Gasteiger partial charge in [0.25, 0.3) is 0 Å². The van der Waals surface area contributed by atoms with Crippen LogP contribution in [-0.2, 0) is 0 Å². The Morgan fingerprint density at radius 1 is 1.18 bits per heavy atom. The minimum atomic E-state index is 0.332.